The largest absolute Gasteiger partial charge is 0.416 e. The summed E-state index contributed by atoms with van der Waals surface area (Å²) in [6.45, 7) is 6.59. The van der Waals surface area contributed by atoms with Crippen LogP contribution in [0.5, 0.6) is 0 Å². The first kappa shape index (κ1) is 12.8. The van der Waals surface area contributed by atoms with Gasteiger partial charge >= 0.3 is 0 Å². The second kappa shape index (κ2) is 5.81. The molecule has 0 fully saturated rings. The first-order valence-electron chi connectivity index (χ1n) is 5.68. The molecular weight excluding hydrogens is 250 g/mol. The Kier molecular flexibility index (Phi) is 4.14. The Morgan fingerprint density at radius 2 is 2.11 bits per heavy atom. The molecule has 18 heavy (non-hydrogen) atoms. The van der Waals surface area contributed by atoms with Crippen LogP contribution in [0.3, 0.4) is 0 Å². The van der Waals surface area contributed by atoms with Gasteiger partial charge in [-0.25, -0.2) is 9.97 Å². The molecular formula is C11H15N5OS. The molecule has 0 saturated heterocycles. The maximum absolute atomic E-state index is 5.28. The van der Waals surface area contributed by atoms with E-state index in [4.69, 9.17) is 4.42 Å². The number of aromatic nitrogens is 4. The number of anilines is 1. The molecule has 96 valence electrons. The van der Waals surface area contributed by atoms with Crippen molar-refractivity contribution in [1.82, 2.24) is 20.2 Å². The Labute approximate surface area is 110 Å². The van der Waals surface area contributed by atoms with E-state index in [1.165, 1.54) is 11.8 Å². The average molecular weight is 265 g/mol. The van der Waals surface area contributed by atoms with Gasteiger partial charge < -0.3 is 9.73 Å². The lowest BCUT2D eigenvalue weighted by atomic mass is 10.4. The lowest BCUT2D eigenvalue weighted by Crippen LogP contribution is -2.04. The van der Waals surface area contributed by atoms with Gasteiger partial charge in [-0.2, -0.15) is 0 Å². The quantitative estimate of drug-likeness (QED) is 0.830. The second-order valence-corrected chi connectivity index (χ2v) is 4.64. The van der Waals surface area contributed by atoms with E-state index in [1.807, 2.05) is 19.9 Å². The van der Waals surface area contributed by atoms with Crippen LogP contribution in [0.1, 0.15) is 24.3 Å². The maximum Gasteiger partial charge on any atom is 0.277 e. The highest BCUT2D eigenvalue weighted by Gasteiger charge is 2.07. The van der Waals surface area contributed by atoms with Crippen LogP contribution in [-0.4, -0.2) is 26.7 Å². The van der Waals surface area contributed by atoms with Crippen LogP contribution < -0.4 is 5.32 Å². The summed E-state index contributed by atoms with van der Waals surface area (Å²) in [5.41, 5.74) is 0.943. The van der Waals surface area contributed by atoms with Gasteiger partial charge in [0.1, 0.15) is 11.6 Å². The molecule has 6 nitrogen and oxygen atoms in total. The summed E-state index contributed by atoms with van der Waals surface area (Å²) in [5, 5.41) is 11.4. The molecule has 0 spiro atoms. The number of nitrogens with zero attached hydrogens (tertiary/aromatic N) is 4. The van der Waals surface area contributed by atoms with Crippen LogP contribution in [0.2, 0.25) is 0 Å². The number of hydrogen-bond donors (Lipinski definition) is 1. The Hall–Kier alpha value is -1.63. The third-order valence-electron chi connectivity index (χ3n) is 2.09. The molecule has 0 saturated carbocycles. The Bertz CT molecular complexity index is 528. The van der Waals surface area contributed by atoms with E-state index in [-0.39, 0.29) is 0 Å². The minimum Gasteiger partial charge on any atom is -0.416 e. The Balaban J connectivity index is 2.04. The van der Waals surface area contributed by atoms with Gasteiger partial charge in [0.15, 0.2) is 0 Å². The normalized spacial score (nSPS) is 10.6. The minimum atomic E-state index is 0.544. The standard InChI is InChI=1S/C11H15N5OS/c1-4-12-9-5-7(2)13-10(14-9)6-18-11-16-15-8(3)17-11/h5H,4,6H2,1-3H3,(H,12,13,14). The predicted molar refractivity (Wildman–Crippen MR) is 69.5 cm³/mol. The molecule has 0 aromatic carbocycles. The van der Waals surface area contributed by atoms with E-state index in [0.29, 0.717) is 16.9 Å². The van der Waals surface area contributed by atoms with Crippen LogP contribution in [-0.2, 0) is 5.75 Å². The third kappa shape index (κ3) is 3.43. The number of thioether (sulfide) groups is 1. The highest BCUT2D eigenvalue weighted by Crippen LogP contribution is 2.20. The molecule has 2 aromatic heterocycles. The average Bonchev–Trinajstić information content (AvgIpc) is 2.72. The smallest absolute Gasteiger partial charge is 0.277 e. The SMILES string of the molecule is CCNc1cc(C)nc(CSc2nnc(C)o2)n1. The summed E-state index contributed by atoms with van der Waals surface area (Å²) in [7, 11) is 0. The van der Waals surface area contributed by atoms with Crippen LogP contribution >= 0.6 is 11.8 Å². The molecule has 2 aromatic rings. The van der Waals surface area contributed by atoms with E-state index in [0.717, 1.165) is 23.9 Å². The van der Waals surface area contributed by atoms with Crippen molar-refractivity contribution in [2.75, 3.05) is 11.9 Å². The van der Waals surface area contributed by atoms with Gasteiger partial charge in [-0.3, -0.25) is 0 Å². The first-order chi connectivity index (χ1) is 8.67. The topological polar surface area (TPSA) is 76.7 Å². The third-order valence-corrected chi connectivity index (χ3v) is 2.91. The fraction of sp³-hybridized carbons (Fsp3) is 0.455. The molecule has 2 rings (SSSR count). The fourth-order valence-corrected chi connectivity index (χ4v) is 2.09. The molecule has 0 amide bonds. The van der Waals surface area contributed by atoms with Crippen molar-refractivity contribution in [3.05, 3.63) is 23.5 Å². The lowest BCUT2D eigenvalue weighted by Gasteiger charge is -2.05. The molecule has 0 radical (unpaired) electrons. The summed E-state index contributed by atoms with van der Waals surface area (Å²) in [6, 6.07) is 1.93. The number of nitrogens with one attached hydrogen (secondary N) is 1. The van der Waals surface area contributed by atoms with E-state index in [2.05, 4.69) is 25.5 Å². The minimum absolute atomic E-state index is 0.544. The van der Waals surface area contributed by atoms with E-state index < -0.39 is 0 Å². The Morgan fingerprint density at radius 1 is 1.28 bits per heavy atom. The molecule has 7 heteroatoms. The van der Waals surface area contributed by atoms with Gasteiger partial charge in [-0.05, 0) is 13.8 Å². The predicted octanol–water partition coefficient (Wildman–Crippen LogP) is 2.20. The van der Waals surface area contributed by atoms with Crippen molar-refractivity contribution in [2.45, 2.75) is 31.7 Å². The molecule has 0 atom stereocenters. The van der Waals surface area contributed by atoms with Crippen LogP contribution in [0.15, 0.2) is 15.7 Å². The highest BCUT2D eigenvalue weighted by molar-refractivity contribution is 7.98. The van der Waals surface area contributed by atoms with Crippen molar-refractivity contribution >= 4 is 17.6 Å². The van der Waals surface area contributed by atoms with Gasteiger partial charge in [0.2, 0.25) is 5.89 Å². The number of hydrogen-bond acceptors (Lipinski definition) is 7. The zero-order chi connectivity index (χ0) is 13.0. The number of rotatable bonds is 5. The highest BCUT2D eigenvalue weighted by atomic mass is 32.2. The van der Waals surface area contributed by atoms with Crippen molar-refractivity contribution in [3.8, 4) is 0 Å². The zero-order valence-electron chi connectivity index (χ0n) is 10.6. The molecule has 2 heterocycles. The van der Waals surface area contributed by atoms with Crippen molar-refractivity contribution in [3.63, 3.8) is 0 Å². The van der Waals surface area contributed by atoms with Gasteiger partial charge in [-0.1, -0.05) is 11.8 Å². The summed E-state index contributed by atoms with van der Waals surface area (Å²) >= 11 is 1.44. The summed E-state index contributed by atoms with van der Waals surface area (Å²) in [5.74, 6) is 2.78. The van der Waals surface area contributed by atoms with E-state index in [1.54, 1.807) is 6.92 Å². The van der Waals surface area contributed by atoms with E-state index >= 15 is 0 Å². The first-order valence-corrected chi connectivity index (χ1v) is 6.67. The van der Waals surface area contributed by atoms with Crippen LogP contribution in [0.4, 0.5) is 5.82 Å². The Morgan fingerprint density at radius 3 is 2.78 bits per heavy atom. The fourth-order valence-electron chi connectivity index (χ4n) is 1.43. The van der Waals surface area contributed by atoms with Gasteiger partial charge in [-0.15, -0.1) is 10.2 Å². The van der Waals surface area contributed by atoms with Gasteiger partial charge in [0.05, 0.1) is 5.75 Å². The van der Waals surface area contributed by atoms with Gasteiger partial charge in [0, 0.05) is 25.2 Å². The summed E-state index contributed by atoms with van der Waals surface area (Å²) in [6.07, 6.45) is 0. The monoisotopic (exact) mass is 265 g/mol. The van der Waals surface area contributed by atoms with Crippen molar-refractivity contribution in [1.29, 1.82) is 0 Å². The molecule has 1 N–H and O–H groups in total. The molecule has 0 aliphatic heterocycles. The van der Waals surface area contributed by atoms with Crippen LogP contribution in [0.25, 0.3) is 0 Å². The number of aryl methyl sites for hydroxylation is 2. The molecule has 0 aliphatic rings. The second-order valence-electron chi connectivity index (χ2n) is 3.72. The molecule has 0 aliphatic carbocycles. The molecule has 0 unspecified atom stereocenters. The van der Waals surface area contributed by atoms with E-state index in [9.17, 15) is 0 Å². The summed E-state index contributed by atoms with van der Waals surface area (Å²) < 4.78 is 5.28. The lowest BCUT2D eigenvalue weighted by molar-refractivity contribution is 0.429. The van der Waals surface area contributed by atoms with Crippen molar-refractivity contribution in [2.24, 2.45) is 0 Å². The van der Waals surface area contributed by atoms with Crippen LogP contribution in [0, 0.1) is 13.8 Å². The van der Waals surface area contributed by atoms with Gasteiger partial charge in [0.25, 0.3) is 5.22 Å². The zero-order valence-corrected chi connectivity index (χ0v) is 11.4. The van der Waals surface area contributed by atoms with Crippen molar-refractivity contribution < 1.29 is 4.42 Å². The maximum atomic E-state index is 5.28. The molecule has 0 bridgehead atoms. The summed E-state index contributed by atoms with van der Waals surface area (Å²) in [4.78, 5) is 8.79.